The van der Waals surface area contributed by atoms with Crippen molar-refractivity contribution in [2.24, 2.45) is 0 Å². The molecular weight excluding hydrogens is 330 g/mol. The van der Waals surface area contributed by atoms with Crippen LogP contribution in [0, 0.1) is 18.3 Å². The topological polar surface area (TPSA) is 65.8 Å². The molecule has 3 aromatic rings. The van der Waals surface area contributed by atoms with Crippen molar-refractivity contribution < 1.29 is 4.79 Å². The van der Waals surface area contributed by atoms with E-state index >= 15 is 0 Å². The van der Waals surface area contributed by atoms with Crippen LogP contribution in [-0.2, 0) is 0 Å². The molecular formula is C20H17N3OS. The predicted octanol–water partition coefficient (Wildman–Crippen LogP) is 4.80. The van der Waals surface area contributed by atoms with Crippen LogP contribution >= 0.6 is 11.8 Å². The fraction of sp³-hybridized carbons (Fsp3) is 0.150. The molecule has 0 saturated carbocycles. The average molecular weight is 347 g/mol. The van der Waals surface area contributed by atoms with Crippen molar-refractivity contribution in [2.45, 2.75) is 18.2 Å². The summed E-state index contributed by atoms with van der Waals surface area (Å²) in [6.45, 7) is 1.88. The summed E-state index contributed by atoms with van der Waals surface area (Å²) < 4.78 is 0. The Morgan fingerprint density at radius 1 is 1.20 bits per heavy atom. The maximum atomic E-state index is 12.9. The Morgan fingerprint density at radius 2 is 1.96 bits per heavy atom. The first-order valence-electron chi connectivity index (χ1n) is 7.95. The first kappa shape index (κ1) is 17.0. The summed E-state index contributed by atoms with van der Waals surface area (Å²) in [6.07, 6.45) is 0.473. The van der Waals surface area contributed by atoms with E-state index in [0.717, 1.165) is 27.2 Å². The zero-order valence-electron chi connectivity index (χ0n) is 13.8. The number of hydrogen-bond acceptors (Lipinski definition) is 4. The zero-order valence-corrected chi connectivity index (χ0v) is 14.6. The van der Waals surface area contributed by atoms with Gasteiger partial charge in [-0.3, -0.25) is 9.78 Å². The van der Waals surface area contributed by atoms with Crippen LogP contribution in [0.3, 0.4) is 0 Å². The second kappa shape index (κ2) is 7.82. The molecule has 25 heavy (non-hydrogen) atoms. The number of anilines is 1. The van der Waals surface area contributed by atoms with Crippen LogP contribution in [0.15, 0.2) is 59.5 Å². The third-order valence-electron chi connectivity index (χ3n) is 3.70. The van der Waals surface area contributed by atoms with Gasteiger partial charge in [0.1, 0.15) is 0 Å². The monoisotopic (exact) mass is 347 g/mol. The van der Waals surface area contributed by atoms with Crippen molar-refractivity contribution in [3.63, 3.8) is 0 Å². The highest BCUT2D eigenvalue weighted by Gasteiger charge is 2.13. The van der Waals surface area contributed by atoms with Gasteiger partial charge in [-0.1, -0.05) is 30.3 Å². The van der Waals surface area contributed by atoms with Crippen LogP contribution in [0.25, 0.3) is 10.9 Å². The summed E-state index contributed by atoms with van der Waals surface area (Å²) in [5.74, 6) is 0.538. The Labute approximate surface area is 150 Å². The minimum Gasteiger partial charge on any atom is -0.321 e. The minimum absolute atomic E-state index is 0.157. The van der Waals surface area contributed by atoms with Gasteiger partial charge >= 0.3 is 0 Å². The van der Waals surface area contributed by atoms with Gasteiger partial charge in [0, 0.05) is 28.1 Å². The number of pyridine rings is 1. The van der Waals surface area contributed by atoms with Crippen LogP contribution in [0.2, 0.25) is 0 Å². The number of para-hydroxylation sites is 2. The molecule has 1 N–H and O–H groups in total. The van der Waals surface area contributed by atoms with Crippen LogP contribution in [0.4, 0.5) is 5.69 Å². The smallest absolute Gasteiger partial charge is 0.256 e. The third kappa shape index (κ3) is 3.98. The lowest BCUT2D eigenvalue weighted by atomic mass is 10.1. The van der Waals surface area contributed by atoms with Gasteiger partial charge in [-0.15, -0.1) is 11.8 Å². The number of nitrogens with one attached hydrogen (secondary N) is 1. The SMILES string of the molecule is Cc1cc(C(=O)Nc2ccccc2SCCC#N)c2ccccc2n1. The van der Waals surface area contributed by atoms with Gasteiger partial charge in [0.2, 0.25) is 0 Å². The van der Waals surface area contributed by atoms with Gasteiger partial charge < -0.3 is 5.32 Å². The maximum absolute atomic E-state index is 12.9. The van der Waals surface area contributed by atoms with Crippen molar-refractivity contribution in [2.75, 3.05) is 11.1 Å². The Bertz CT molecular complexity index is 963. The Morgan fingerprint density at radius 3 is 2.80 bits per heavy atom. The molecule has 0 aliphatic heterocycles. The first-order valence-corrected chi connectivity index (χ1v) is 8.94. The molecule has 0 unspecified atom stereocenters. The predicted molar refractivity (Wildman–Crippen MR) is 102 cm³/mol. The quantitative estimate of drug-likeness (QED) is 0.532. The standard InChI is InChI=1S/C20H17N3OS/c1-14-13-16(15-7-2-3-8-17(15)22-14)20(24)23-18-9-4-5-10-19(18)25-12-6-11-21/h2-5,7-10,13H,6,12H2,1H3,(H,23,24). The fourth-order valence-electron chi connectivity index (χ4n) is 2.59. The van der Waals surface area contributed by atoms with Gasteiger partial charge in [0.05, 0.1) is 22.8 Å². The molecule has 0 fully saturated rings. The molecule has 0 bridgehead atoms. The summed E-state index contributed by atoms with van der Waals surface area (Å²) in [7, 11) is 0. The van der Waals surface area contributed by atoms with Crippen molar-refractivity contribution in [3.05, 3.63) is 65.9 Å². The Kier molecular flexibility index (Phi) is 5.32. The molecule has 0 atom stereocenters. The molecule has 2 aromatic carbocycles. The second-order valence-corrected chi connectivity index (χ2v) is 6.67. The summed E-state index contributed by atoms with van der Waals surface area (Å²) in [5, 5.41) is 12.5. The minimum atomic E-state index is -0.157. The normalized spacial score (nSPS) is 10.4. The summed E-state index contributed by atoms with van der Waals surface area (Å²) in [4.78, 5) is 18.3. The van der Waals surface area contributed by atoms with E-state index < -0.39 is 0 Å². The highest BCUT2D eigenvalue weighted by molar-refractivity contribution is 7.99. The Hall–Kier alpha value is -2.84. The van der Waals surface area contributed by atoms with Gasteiger partial charge in [-0.2, -0.15) is 5.26 Å². The average Bonchev–Trinajstić information content (AvgIpc) is 2.62. The molecule has 1 amide bonds. The summed E-state index contributed by atoms with van der Waals surface area (Å²) in [5.41, 5.74) is 2.98. The molecule has 0 saturated heterocycles. The molecule has 0 aliphatic carbocycles. The third-order valence-corrected chi connectivity index (χ3v) is 4.77. The molecule has 1 heterocycles. The van der Waals surface area contributed by atoms with E-state index in [2.05, 4.69) is 16.4 Å². The molecule has 0 spiro atoms. The van der Waals surface area contributed by atoms with Crippen molar-refractivity contribution in [3.8, 4) is 6.07 Å². The zero-order chi connectivity index (χ0) is 17.6. The number of fused-ring (bicyclic) bond motifs is 1. The number of aromatic nitrogens is 1. The van der Waals surface area contributed by atoms with Gasteiger partial charge in [0.25, 0.3) is 5.91 Å². The number of benzene rings is 2. The van der Waals surface area contributed by atoms with Gasteiger partial charge in [-0.05, 0) is 31.2 Å². The van der Waals surface area contributed by atoms with Crippen molar-refractivity contribution in [1.82, 2.24) is 4.98 Å². The Balaban J connectivity index is 1.90. The van der Waals surface area contributed by atoms with Gasteiger partial charge in [0.15, 0.2) is 0 Å². The molecule has 3 rings (SSSR count). The van der Waals surface area contributed by atoms with E-state index in [4.69, 9.17) is 5.26 Å². The number of carbonyl (C=O) groups is 1. The highest BCUT2D eigenvalue weighted by Crippen LogP contribution is 2.28. The van der Waals surface area contributed by atoms with Crippen LogP contribution in [-0.4, -0.2) is 16.6 Å². The number of rotatable bonds is 5. The lowest BCUT2D eigenvalue weighted by molar-refractivity contribution is 0.102. The highest BCUT2D eigenvalue weighted by atomic mass is 32.2. The van der Waals surface area contributed by atoms with Crippen LogP contribution in [0.1, 0.15) is 22.5 Å². The second-order valence-electron chi connectivity index (χ2n) is 5.54. The largest absolute Gasteiger partial charge is 0.321 e. The van der Waals surface area contributed by atoms with Crippen LogP contribution in [0.5, 0.6) is 0 Å². The van der Waals surface area contributed by atoms with E-state index in [1.54, 1.807) is 11.8 Å². The van der Waals surface area contributed by atoms with E-state index in [9.17, 15) is 4.79 Å². The number of carbonyl (C=O) groups excluding carboxylic acids is 1. The summed E-state index contributed by atoms with van der Waals surface area (Å²) in [6, 6.07) is 19.2. The maximum Gasteiger partial charge on any atom is 0.256 e. The molecule has 124 valence electrons. The van der Waals surface area contributed by atoms with E-state index in [1.165, 1.54) is 0 Å². The van der Waals surface area contributed by atoms with Crippen molar-refractivity contribution in [1.29, 1.82) is 5.26 Å². The summed E-state index contributed by atoms with van der Waals surface area (Å²) >= 11 is 1.57. The number of amides is 1. The number of aryl methyl sites for hydroxylation is 1. The number of hydrogen-bond donors (Lipinski definition) is 1. The molecule has 0 radical (unpaired) electrons. The first-order chi connectivity index (χ1) is 12.2. The van der Waals surface area contributed by atoms with E-state index in [1.807, 2.05) is 61.5 Å². The number of nitriles is 1. The fourth-order valence-corrected chi connectivity index (χ4v) is 3.45. The molecule has 4 nitrogen and oxygen atoms in total. The van der Waals surface area contributed by atoms with Crippen molar-refractivity contribution >= 4 is 34.3 Å². The molecule has 1 aromatic heterocycles. The van der Waals surface area contributed by atoms with E-state index in [-0.39, 0.29) is 5.91 Å². The molecule has 5 heteroatoms. The number of nitrogens with zero attached hydrogens (tertiary/aromatic N) is 2. The lowest BCUT2D eigenvalue weighted by Gasteiger charge is -2.12. The van der Waals surface area contributed by atoms with Gasteiger partial charge in [-0.25, -0.2) is 0 Å². The number of thioether (sulfide) groups is 1. The van der Waals surface area contributed by atoms with Crippen LogP contribution < -0.4 is 5.32 Å². The lowest BCUT2D eigenvalue weighted by Crippen LogP contribution is -2.13. The van der Waals surface area contributed by atoms with E-state index in [0.29, 0.717) is 17.7 Å². The molecule has 0 aliphatic rings.